The number of halogens is 3. The number of ether oxygens (including phenoxy) is 2. The number of alkyl halides is 3. The van der Waals surface area contributed by atoms with Crippen LogP contribution in [0.3, 0.4) is 0 Å². The lowest BCUT2D eigenvalue weighted by molar-refractivity contribution is -0.137. The van der Waals surface area contributed by atoms with Gasteiger partial charge >= 0.3 is 6.18 Å². The first-order valence-corrected chi connectivity index (χ1v) is 24.9. The van der Waals surface area contributed by atoms with Gasteiger partial charge in [-0.2, -0.15) is 13.2 Å². The molecule has 7 rings (SSSR count). The third kappa shape index (κ3) is 11.2. The molecule has 15 heteroatoms. The zero-order valence-corrected chi connectivity index (χ0v) is 40.1. The van der Waals surface area contributed by atoms with Crippen LogP contribution < -0.4 is 10.4 Å². The molecule has 1 amide bonds. The van der Waals surface area contributed by atoms with Crippen molar-refractivity contribution >= 4 is 35.3 Å². The third-order valence-electron chi connectivity index (χ3n) is 12.4. The highest BCUT2D eigenvalue weighted by Crippen LogP contribution is 2.37. The topological polar surface area (TPSA) is 93.6 Å². The van der Waals surface area contributed by atoms with Crippen molar-refractivity contribution in [2.45, 2.75) is 76.3 Å². The number of aryl methyl sites for hydroxylation is 3. The molecule has 0 bridgehead atoms. The van der Waals surface area contributed by atoms with Gasteiger partial charge in [0.15, 0.2) is 0 Å². The van der Waals surface area contributed by atoms with Crippen LogP contribution in [0.5, 0.6) is 0 Å². The number of nitrogens with zero attached hydrogens (tertiary/aromatic N) is 4. The SMILES string of the molecule is COC[C@@H]1CN(CCN2CCN(C(=O)c3cc(C(F)(F)F)cc(S(=O)(=O)n4c(C)ccc4C)c3)[C@@H](C(O[Si](c3ccccc3)c3ccccc3)c3ccc(C)c(C(C)(C)C)c3)C2)CCO1. The molecule has 5 aromatic rings. The molecule has 1 unspecified atom stereocenters. The van der Waals surface area contributed by atoms with Crippen LogP contribution in [0, 0.1) is 20.8 Å². The normalized spacial score (nSPS) is 18.6. The van der Waals surface area contributed by atoms with Crippen LogP contribution >= 0.6 is 0 Å². The van der Waals surface area contributed by atoms with Crippen molar-refractivity contribution in [1.29, 1.82) is 0 Å². The number of morpholine rings is 1. The van der Waals surface area contributed by atoms with Crippen LogP contribution in [0.1, 0.15) is 70.9 Å². The number of hydrogen-bond acceptors (Lipinski definition) is 8. The van der Waals surface area contributed by atoms with Crippen molar-refractivity contribution in [3.05, 3.63) is 148 Å². The first kappa shape index (κ1) is 48.3. The van der Waals surface area contributed by atoms with Gasteiger partial charge in [-0.25, -0.2) is 12.4 Å². The number of rotatable bonds is 14. The van der Waals surface area contributed by atoms with Gasteiger partial charge in [-0.15, -0.1) is 0 Å². The quantitative estimate of drug-likeness (QED) is 0.110. The fourth-order valence-electron chi connectivity index (χ4n) is 9.08. The Morgan fingerprint density at radius 2 is 1.42 bits per heavy atom. The number of methoxy groups -OCH3 is 1. The predicted octanol–water partition coefficient (Wildman–Crippen LogP) is 7.00. The largest absolute Gasteiger partial charge is 0.416 e. The standard InChI is InChI=1S/C50H60F3N4O6SSi/c1-35-18-21-38(30-45(35)49(4,5)6)47(63-65(43-14-10-8-11-15-43)44-16-12-9-13-17-44)46-33-54(22-23-55-26-27-62-41(32-55)34-61-7)24-25-56(46)48(58)39-28-40(50(51,52)53)31-42(29-39)64(59,60)57-36(2)19-20-37(57)3/h8-21,28-31,41,46-47H,22-27,32-34H2,1-7H3/t41-,46+,47?/m0/s1. The molecule has 3 atom stereocenters. The summed E-state index contributed by atoms with van der Waals surface area (Å²) in [5.74, 6) is -0.710. The van der Waals surface area contributed by atoms with Gasteiger partial charge in [-0.05, 0) is 83.6 Å². The number of piperazine rings is 1. The number of benzene rings is 4. The Bertz CT molecular complexity index is 2470. The molecule has 1 radical (unpaired) electrons. The van der Waals surface area contributed by atoms with Gasteiger partial charge < -0.3 is 18.8 Å². The maximum absolute atomic E-state index is 15.3. The van der Waals surface area contributed by atoms with E-state index in [0.717, 1.165) is 56.3 Å². The summed E-state index contributed by atoms with van der Waals surface area (Å²) in [6, 6.07) is 31.2. The fourth-order valence-corrected chi connectivity index (χ4v) is 12.9. The van der Waals surface area contributed by atoms with Crippen molar-refractivity contribution in [1.82, 2.24) is 18.7 Å². The van der Waals surface area contributed by atoms with Crippen LogP contribution in [0.15, 0.2) is 114 Å². The second kappa shape index (κ2) is 20.1. The van der Waals surface area contributed by atoms with E-state index in [9.17, 15) is 21.6 Å². The summed E-state index contributed by atoms with van der Waals surface area (Å²) < 4.78 is 92.6. The van der Waals surface area contributed by atoms with Crippen LogP contribution in [0.25, 0.3) is 0 Å². The van der Waals surface area contributed by atoms with Crippen LogP contribution in [-0.4, -0.2) is 120 Å². The Balaban J connectivity index is 1.36. The number of hydrogen-bond donors (Lipinski definition) is 0. The Morgan fingerprint density at radius 3 is 2.00 bits per heavy atom. The molecule has 0 aliphatic carbocycles. The summed E-state index contributed by atoms with van der Waals surface area (Å²) in [6.07, 6.45) is -5.75. The van der Waals surface area contributed by atoms with Gasteiger partial charge in [0.05, 0.1) is 41.9 Å². The predicted molar refractivity (Wildman–Crippen MR) is 249 cm³/mol. The number of amides is 1. The first-order valence-electron chi connectivity index (χ1n) is 22.1. The van der Waals surface area contributed by atoms with Gasteiger partial charge in [0.1, 0.15) is 0 Å². The van der Waals surface area contributed by atoms with Crippen molar-refractivity contribution in [2.75, 3.05) is 66.1 Å². The van der Waals surface area contributed by atoms with E-state index in [0.29, 0.717) is 56.8 Å². The minimum absolute atomic E-state index is 0.0460. The zero-order valence-electron chi connectivity index (χ0n) is 38.3. The summed E-state index contributed by atoms with van der Waals surface area (Å²) in [7, 11) is -4.91. The Labute approximate surface area is 383 Å². The Kier molecular flexibility index (Phi) is 14.9. The summed E-state index contributed by atoms with van der Waals surface area (Å²) in [4.78, 5) is 20.9. The van der Waals surface area contributed by atoms with E-state index < -0.39 is 53.8 Å². The van der Waals surface area contributed by atoms with E-state index >= 15 is 4.79 Å². The number of carbonyl (C=O) groups excluding carboxylic acids is 1. The maximum Gasteiger partial charge on any atom is 0.416 e. The molecule has 0 N–H and O–H groups in total. The van der Waals surface area contributed by atoms with Gasteiger partial charge in [0.2, 0.25) is 0 Å². The van der Waals surface area contributed by atoms with E-state index in [4.69, 9.17) is 13.9 Å². The summed E-state index contributed by atoms with van der Waals surface area (Å²) in [5.41, 5.74) is 1.85. The van der Waals surface area contributed by atoms with E-state index in [1.807, 2.05) is 66.7 Å². The average molecular weight is 930 g/mol. The summed E-state index contributed by atoms with van der Waals surface area (Å²) in [6.45, 7) is 16.5. The summed E-state index contributed by atoms with van der Waals surface area (Å²) in [5, 5.41) is 1.98. The molecule has 347 valence electrons. The monoisotopic (exact) mass is 929 g/mol. The second-order valence-corrected chi connectivity index (χ2v) is 22.0. The molecule has 10 nitrogen and oxygen atoms in total. The van der Waals surface area contributed by atoms with Crippen LogP contribution in [0.4, 0.5) is 13.2 Å². The van der Waals surface area contributed by atoms with E-state index in [1.165, 1.54) is 0 Å². The molecule has 4 aromatic carbocycles. The van der Waals surface area contributed by atoms with Gasteiger partial charge in [0, 0.05) is 69.9 Å². The molecular formula is C50H60F3N4O6SSi. The zero-order chi connectivity index (χ0) is 46.7. The lowest BCUT2D eigenvalue weighted by Gasteiger charge is -2.46. The molecule has 2 aliphatic rings. The minimum Gasteiger partial charge on any atom is -0.398 e. The van der Waals surface area contributed by atoms with E-state index in [-0.39, 0.29) is 23.6 Å². The van der Waals surface area contributed by atoms with Crippen molar-refractivity contribution in [2.24, 2.45) is 0 Å². The Hall–Kier alpha value is -4.61. The molecule has 65 heavy (non-hydrogen) atoms. The smallest absolute Gasteiger partial charge is 0.398 e. The molecule has 0 saturated carbocycles. The minimum atomic E-state index is -4.94. The molecule has 0 spiro atoms. The van der Waals surface area contributed by atoms with Crippen LogP contribution in [-0.2, 0) is 35.5 Å². The number of aromatic nitrogens is 1. The maximum atomic E-state index is 15.3. The van der Waals surface area contributed by atoms with E-state index in [2.05, 4.69) is 49.6 Å². The fraction of sp³-hybridized carbons (Fsp3) is 0.420. The summed E-state index contributed by atoms with van der Waals surface area (Å²) >= 11 is 0. The van der Waals surface area contributed by atoms with Gasteiger partial charge in [-0.3, -0.25) is 14.6 Å². The third-order valence-corrected chi connectivity index (χ3v) is 16.5. The number of carbonyl (C=O) groups is 1. The molecule has 1 aromatic heterocycles. The molecule has 2 fully saturated rings. The highest BCUT2D eigenvalue weighted by Gasteiger charge is 2.42. The highest BCUT2D eigenvalue weighted by atomic mass is 32.2. The molecular weight excluding hydrogens is 870 g/mol. The van der Waals surface area contributed by atoms with Crippen molar-refractivity contribution in [3.8, 4) is 0 Å². The molecule has 2 saturated heterocycles. The van der Waals surface area contributed by atoms with Crippen molar-refractivity contribution < 1.29 is 40.3 Å². The first-order chi connectivity index (χ1) is 30.8. The average Bonchev–Trinajstić information content (AvgIpc) is 3.63. The van der Waals surface area contributed by atoms with Gasteiger partial charge in [-0.1, -0.05) is 99.6 Å². The second-order valence-electron chi connectivity index (χ2n) is 18.2. The van der Waals surface area contributed by atoms with Gasteiger partial charge in [0.25, 0.3) is 25.0 Å². The van der Waals surface area contributed by atoms with Crippen molar-refractivity contribution in [3.63, 3.8) is 0 Å². The molecule has 2 aliphatic heterocycles. The molecule has 3 heterocycles. The van der Waals surface area contributed by atoms with E-state index in [1.54, 1.807) is 38.0 Å². The highest BCUT2D eigenvalue weighted by molar-refractivity contribution is 7.90. The Morgan fingerprint density at radius 1 is 0.800 bits per heavy atom. The lowest BCUT2D eigenvalue weighted by atomic mass is 9.82. The lowest BCUT2D eigenvalue weighted by Crippen LogP contribution is -2.60. The van der Waals surface area contributed by atoms with Crippen LogP contribution in [0.2, 0.25) is 0 Å².